The molecule has 3 aromatic rings. The third-order valence-corrected chi connectivity index (χ3v) is 7.99. The van der Waals surface area contributed by atoms with E-state index < -0.39 is 0 Å². The highest BCUT2D eigenvalue weighted by atomic mass is 15.2. The van der Waals surface area contributed by atoms with E-state index in [4.69, 9.17) is 25.7 Å². The van der Waals surface area contributed by atoms with Gasteiger partial charge in [-0.05, 0) is 80.9 Å². The molecule has 35 heavy (non-hydrogen) atoms. The second kappa shape index (κ2) is 10.1. The number of allylic oxidation sites excluding steroid dienone is 1. The van der Waals surface area contributed by atoms with Crippen molar-refractivity contribution in [3.8, 4) is 11.5 Å². The molecule has 7 nitrogen and oxygen atoms in total. The van der Waals surface area contributed by atoms with Crippen LogP contribution in [-0.2, 0) is 13.1 Å². The lowest BCUT2D eigenvalue weighted by Crippen LogP contribution is -2.31. The number of pyridine rings is 1. The van der Waals surface area contributed by atoms with Crippen molar-refractivity contribution >= 4 is 17.0 Å². The number of nitrogens with one attached hydrogen (secondary N) is 1. The summed E-state index contributed by atoms with van der Waals surface area (Å²) >= 11 is 0. The van der Waals surface area contributed by atoms with Crippen molar-refractivity contribution in [2.24, 2.45) is 17.6 Å². The molecule has 2 aliphatic carbocycles. The van der Waals surface area contributed by atoms with Crippen LogP contribution in [0.3, 0.4) is 0 Å². The molecule has 0 bridgehead atoms. The van der Waals surface area contributed by atoms with Crippen molar-refractivity contribution < 1.29 is 0 Å². The van der Waals surface area contributed by atoms with E-state index in [9.17, 15) is 0 Å². The summed E-state index contributed by atoms with van der Waals surface area (Å²) in [6.45, 7) is 12.1. The number of imidazole rings is 1. The Balaban J connectivity index is 1.63. The average molecular weight is 474 g/mol. The minimum atomic E-state index is 0.288. The number of anilines is 1. The monoisotopic (exact) mass is 473 g/mol. The van der Waals surface area contributed by atoms with E-state index in [-0.39, 0.29) is 6.54 Å². The van der Waals surface area contributed by atoms with E-state index in [0.29, 0.717) is 35.3 Å². The number of rotatable bonds is 8. The molecule has 0 aliphatic heterocycles. The van der Waals surface area contributed by atoms with Crippen LogP contribution >= 0.6 is 0 Å². The van der Waals surface area contributed by atoms with Gasteiger partial charge >= 0.3 is 0 Å². The van der Waals surface area contributed by atoms with Gasteiger partial charge in [-0.25, -0.2) is 15.0 Å². The van der Waals surface area contributed by atoms with Crippen molar-refractivity contribution in [2.45, 2.75) is 90.8 Å². The maximum absolute atomic E-state index is 6.00. The molecule has 1 atom stereocenters. The molecule has 7 heteroatoms. The van der Waals surface area contributed by atoms with Gasteiger partial charge in [0.15, 0.2) is 17.3 Å². The summed E-state index contributed by atoms with van der Waals surface area (Å²) in [6.07, 6.45) is 10.3. The first-order valence-corrected chi connectivity index (χ1v) is 13.3. The molecule has 0 radical (unpaired) electrons. The lowest BCUT2D eigenvalue weighted by molar-refractivity contribution is 0.285. The van der Waals surface area contributed by atoms with Crippen LogP contribution in [0.25, 0.3) is 22.7 Å². The van der Waals surface area contributed by atoms with Gasteiger partial charge in [0.25, 0.3) is 0 Å². The topological polar surface area (TPSA) is 94.5 Å². The first kappa shape index (κ1) is 23.9. The standard InChI is InChI=1S/C28H39N7/c1-17(2)22-12-13-30-23(14-22)28-34-27-25(35(28)16-20-10-8-18(3)9-11-20)26(32-24(15-29)33-27)31-19(4)21-6-5-7-21/h12-14,17,19-21H,3,5-11,15-16,29H2,1-2,4H3,(H,31,32,33)/t19-/m1/s1. The number of nitrogens with two attached hydrogens (primary N) is 1. The zero-order chi connectivity index (χ0) is 24.5. The molecule has 0 saturated heterocycles. The maximum Gasteiger partial charge on any atom is 0.184 e. The van der Waals surface area contributed by atoms with Crippen LogP contribution in [-0.4, -0.2) is 30.5 Å². The number of nitrogens with zero attached hydrogens (tertiary/aromatic N) is 5. The number of aromatic nitrogens is 5. The third kappa shape index (κ3) is 4.96. The summed E-state index contributed by atoms with van der Waals surface area (Å²) < 4.78 is 2.33. The van der Waals surface area contributed by atoms with E-state index in [1.165, 1.54) is 30.4 Å². The van der Waals surface area contributed by atoms with Gasteiger partial charge in [0.1, 0.15) is 17.0 Å². The highest BCUT2D eigenvalue weighted by Gasteiger charge is 2.28. The third-order valence-electron chi connectivity index (χ3n) is 7.99. The first-order chi connectivity index (χ1) is 16.9. The van der Waals surface area contributed by atoms with Crippen LogP contribution in [0.2, 0.25) is 0 Å². The molecule has 186 valence electrons. The Morgan fingerprint density at radius 3 is 2.54 bits per heavy atom. The van der Waals surface area contributed by atoms with Crippen molar-refractivity contribution in [2.75, 3.05) is 5.32 Å². The summed E-state index contributed by atoms with van der Waals surface area (Å²) in [5.41, 5.74) is 11.2. The van der Waals surface area contributed by atoms with E-state index in [0.717, 1.165) is 55.1 Å². The predicted octanol–water partition coefficient (Wildman–Crippen LogP) is 5.82. The average Bonchev–Trinajstić information content (AvgIpc) is 3.17. The molecular formula is C28H39N7. The fraction of sp³-hybridized carbons (Fsp3) is 0.571. The van der Waals surface area contributed by atoms with E-state index in [2.05, 4.69) is 49.4 Å². The van der Waals surface area contributed by atoms with Gasteiger partial charge in [0.2, 0.25) is 0 Å². The molecule has 2 fully saturated rings. The van der Waals surface area contributed by atoms with E-state index in [1.54, 1.807) is 0 Å². The lowest BCUT2D eigenvalue weighted by Gasteiger charge is -2.32. The highest BCUT2D eigenvalue weighted by molar-refractivity contribution is 5.87. The van der Waals surface area contributed by atoms with Gasteiger partial charge in [0, 0.05) is 18.8 Å². The zero-order valence-corrected chi connectivity index (χ0v) is 21.4. The molecule has 3 N–H and O–H groups in total. The van der Waals surface area contributed by atoms with Crippen molar-refractivity contribution in [3.05, 3.63) is 41.9 Å². The van der Waals surface area contributed by atoms with Crippen LogP contribution < -0.4 is 11.1 Å². The minimum Gasteiger partial charge on any atom is -0.365 e. The van der Waals surface area contributed by atoms with Crippen molar-refractivity contribution in [1.82, 2.24) is 24.5 Å². The molecule has 0 amide bonds. The number of fused-ring (bicyclic) bond motifs is 1. The fourth-order valence-corrected chi connectivity index (χ4v) is 5.37. The first-order valence-electron chi connectivity index (χ1n) is 13.3. The van der Waals surface area contributed by atoms with Crippen LogP contribution in [0.4, 0.5) is 5.82 Å². The van der Waals surface area contributed by atoms with E-state index in [1.807, 2.05) is 6.20 Å². The Morgan fingerprint density at radius 2 is 1.89 bits per heavy atom. The molecular weight excluding hydrogens is 434 g/mol. The maximum atomic E-state index is 6.00. The van der Waals surface area contributed by atoms with Crippen LogP contribution in [0.5, 0.6) is 0 Å². The summed E-state index contributed by atoms with van der Waals surface area (Å²) in [6, 6.07) is 4.61. The van der Waals surface area contributed by atoms with E-state index >= 15 is 0 Å². The second-order valence-corrected chi connectivity index (χ2v) is 10.9. The summed E-state index contributed by atoms with van der Waals surface area (Å²) in [5.74, 6) is 4.02. The van der Waals surface area contributed by atoms with Crippen LogP contribution in [0, 0.1) is 11.8 Å². The molecule has 5 rings (SSSR count). The Morgan fingerprint density at radius 1 is 1.11 bits per heavy atom. The molecule has 2 aliphatic rings. The Bertz CT molecular complexity index is 1200. The fourth-order valence-electron chi connectivity index (χ4n) is 5.37. The van der Waals surface area contributed by atoms with Crippen LogP contribution in [0.15, 0.2) is 30.5 Å². The van der Waals surface area contributed by atoms with Gasteiger partial charge in [0.05, 0.1) is 6.54 Å². The summed E-state index contributed by atoms with van der Waals surface area (Å²) in [4.78, 5) is 19.4. The van der Waals surface area contributed by atoms with Crippen LogP contribution in [0.1, 0.15) is 83.0 Å². The zero-order valence-electron chi connectivity index (χ0n) is 21.4. The molecule has 0 spiro atoms. The van der Waals surface area contributed by atoms with Gasteiger partial charge < -0.3 is 15.6 Å². The Labute approximate surface area is 208 Å². The SMILES string of the molecule is C=C1CCC(Cn2c(-c3cc(C(C)C)ccn3)nc3nc(CN)nc(N[C@H](C)C4CCC4)c32)CC1. The smallest absolute Gasteiger partial charge is 0.184 e. The largest absolute Gasteiger partial charge is 0.365 e. The highest BCUT2D eigenvalue weighted by Crippen LogP contribution is 2.36. The number of hydrogen-bond acceptors (Lipinski definition) is 6. The predicted molar refractivity (Wildman–Crippen MR) is 142 cm³/mol. The molecule has 0 unspecified atom stereocenters. The normalized spacial score (nSPS) is 18.3. The number of hydrogen-bond donors (Lipinski definition) is 2. The second-order valence-electron chi connectivity index (χ2n) is 10.9. The van der Waals surface area contributed by atoms with Crippen molar-refractivity contribution in [3.63, 3.8) is 0 Å². The molecule has 3 heterocycles. The van der Waals surface area contributed by atoms with Crippen molar-refractivity contribution in [1.29, 1.82) is 0 Å². The lowest BCUT2D eigenvalue weighted by atomic mass is 9.80. The van der Waals surface area contributed by atoms with Gasteiger partial charge in [-0.2, -0.15) is 0 Å². The Hall–Kier alpha value is -2.80. The summed E-state index contributed by atoms with van der Waals surface area (Å²) in [5, 5.41) is 3.74. The quantitative estimate of drug-likeness (QED) is 0.401. The van der Waals surface area contributed by atoms with Gasteiger partial charge in [-0.3, -0.25) is 4.98 Å². The molecule has 0 aromatic carbocycles. The minimum absolute atomic E-state index is 0.288. The summed E-state index contributed by atoms with van der Waals surface area (Å²) in [7, 11) is 0. The molecule has 3 aromatic heterocycles. The van der Waals surface area contributed by atoms with Gasteiger partial charge in [-0.1, -0.05) is 32.4 Å². The Kier molecular flexibility index (Phi) is 6.87. The molecule has 2 saturated carbocycles. The van der Waals surface area contributed by atoms with Gasteiger partial charge in [-0.15, -0.1) is 0 Å².